The molecule has 4 aliphatic heterocycles. The number of rotatable bonds is 16. The summed E-state index contributed by atoms with van der Waals surface area (Å²) >= 11 is 0. The van der Waals surface area contributed by atoms with Crippen LogP contribution in [0.2, 0.25) is 0 Å². The molecule has 494 valence electrons. The van der Waals surface area contributed by atoms with Gasteiger partial charge in [0.1, 0.15) is 88.5 Å². The highest BCUT2D eigenvalue weighted by Crippen LogP contribution is 2.45. The molecule has 1 aliphatic carbocycles. The van der Waals surface area contributed by atoms with Gasteiger partial charge in [0.2, 0.25) is 0 Å². The molecule has 0 aromatic carbocycles. The minimum atomic E-state index is -2.06. The Morgan fingerprint density at radius 3 is 1.38 bits per heavy atom. The van der Waals surface area contributed by atoms with Gasteiger partial charge in [-0.05, 0) is 142 Å². The van der Waals surface area contributed by atoms with Gasteiger partial charge in [-0.15, -0.1) is 0 Å². The van der Waals surface area contributed by atoms with Crippen LogP contribution in [0.15, 0.2) is 10.2 Å². The monoisotopic (exact) mass is 1250 g/mol. The van der Waals surface area contributed by atoms with E-state index in [4.69, 9.17) is 56.8 Å². The first-order chi connectivity index (χ1) is 39.9. The summed E-state index contributed by atoms with van der Waals surface area (Å²) in [7, 11) is 0. The van der Waals surface area contributed by atoms with Crippen molar-refractivity contribution in [3.05, 3.63) is 20.9 Å². The predicted octanol–water partition coefficient (Wildman–Crippen LogP) is 3.87. The molecular weight excluding hydrogens is 1160 g/mol. The van der Waals surface area contributed by atoms with Crippen LogP contribution in [0.25, 0.3) is 20.9 Å². The lowest BCUT2D eigenvalue weighted by Crippen LogP contribution is -2.68. The molecule has 6 amide bonds. The molecule has 0 aromatic heterocycles. The molecule has 0 radical (unpaired) electrons. The number of carbonyl (C=O) groups is 6. The van der Waals surface area contributed by atoms with E-state index in [1.807, 2.05) is 0 Å². The van der Waals surface area contributed by atoms with Crippen LogP contribution in [0.5, 0.6) is 0 Å². The van der Waals surface area contributed by atoms with Crippen molar-refractivity contribution >= 4 is 36.6 Å². The summed E-state index contributed by atoms with van der Waals surface area (Å²) in [5.74, 6) is 0. The molecule has 4 heterocycles. The summed E-state index contributed by atoms with van der Waals surface area (Å²) in [4.78, 5) is 88.2. The summed E-state index contributed by atoms with van der Waals surface area (Å²) in [5, 5.41) is 67.5. The van der Waals surface area contributed by atoms with E-state index >= 15 is 0 Å². The van der Waals surface area contributed by atoms with E-state index in [-0.39, 0.29) is 6.42 Å². The number of alkyl carbamates (subject to hydrolysis) is 5. The summed E-state index contributed by atoms with van der Waals surface area (Å²) < 4.78 is 72.0. The first-order valence-electron chi connectivity index (χ1n) is 28.5. The molecule has 87 heavy (non-hydrogen) atoms. The highest BCUT2D eigenvalue weighted by atomic mass is 16.8. The van der Waals surface area contributed by atoms with E-state index in [1.54, 1.807) is 125 Å². The lowest BCUT2D eigenvalue weighted by Gasteiger charge is -2.47. The molecule has 0 bridgehead atoms. The molecule has 34 nitrogen and oxygen atoms in total. The predicted molar refractivity (Wildman–Crippen MR) is 300 cm³/mol. The molecular formula is C53H90N12O22. The van der Waals surface area contributed by atoms with Crippen LogP contribution in [0.4, 0.5) is 28.8 Å². The summed E-state index contributed by atoms with van der Waals surface area (Å²) in [6, 6.07) is -9.94. The minimum Gasteiger partial charge on any atom is -0.444 e. The van der Waals surface area contributed by atoms with Gasteiger partial charge in [0.05, 0.1) is 49.0 Å². The number of fused-ring (bicyclic) bond motifs is 1. The summed E-state index contributed by atoms with van der Waals surface area (Å²) in [6.45, 7) is 26.9. The summed E-state index contributed by atoms with van der Waals surface area (Å²) in [6.07, 6.45) is -26.9. The minimum absolute atomic E-state index is 0.372. The van der Waals surface area contributed by atoms with Crippen molar-refractivity contribution in [2.24, 2.45) is 10.2 Å². The fourth-order valence-electron chi connectivity index (χ4n) is 9.86. The van der Waals surface area contributed by atoms with Gasteiger partial charge in [0.15, 0.2) is 18.9 Å². The van der Waals surface area contributed by atoms with Crippen molar-refractivity contribution in [1.82, 2.24) is 31.5 Å². The summed E-state index contributed by atoms with van der Waals surface area (Å²) in [5.41, 5.74) is 13.6. The van der Waals surface area contributed by atoms with E-state index in [0.717, 1.165) is 4.90 Å². The standard InChI is InChI=1S/C53H90N12O22/c1-48(2,3)82-42(70)56-20-25-33(67)29(62-64-55)30(60-46(74)86-52(13,14)15)39(76-25)80-37-27(22-66)78-41(35(37)69)81-38-28(59-45(73)85-51(10,11)12)23(61-63-54)19-24(58-44(72)84-50(7,8)9)36(38)79-40-32-31(65(32)47(75)87-53(16,17)18)34(68)26(77-40)21-57-43(71)83-49(4,5)6/h23-41,66-69H,19-22H2,1-18H3,(H,56,70)(H,57,71)(H,58,72)(H,59,73)(H,60,74)/t23-,24-,25-,26+,27+,28+,29+,30+,31+,32-,33+,34+,35+,36+,37+,38+,39+,40-,41-,65?/m0/s1. The Hall–Kier alpha value is -6.16. The van der Waals surface area contributed by atoms with Gasteiger partial charge in [-0.25, -0.2) is 28.8 Å². The Balaban J connectivity index is 1.64. The van der Waals surface area contributed by atoms with Crippen LogP contribution in [0.3, 0.4) is 0 Å². The molecule has 1 saturated carbocycles. The Morgan fingerprint density at radius 2 is 0.908 bits per heavy atom. The average molecular weight is 1250 g/mol. The average Bonchev–Trinajstić information content (AvgIpc) is 1.73. The van der Waals surface area contributed by atoms with Gasteiger partial charge < -0.3 is 104 Å². The van der Waals surface area contributed by atoms with Crippen LogP contribution in [0, 0.1) is 0 Å². The number of carbonyl (C=O) groups excluding carboxylic acids is 6. The number of nitrogens with one attached hydrogen (secondary N) is 5. The number of aliphatic hydroxyl groups excluding tert-OH is 4. The molecule has 0 unspecified atom stereocenters. The zero-order chi connectivity index (χ0) is 65.7. The van der Waals surface area contributed by atoms with Gasteiger partial charge >= 0.3 is 36.6 Å². The quantitative estimate of drug-likeness (QED) is 0.0348. The van der Waals surface area contributed by atoms with Crippen LogP contribution < -0.4 is 26.6 Å². The number of amides is 6. The second-order valence-electron chi connectivity index (χ2n) is 27.5. The fourth-order valence-corrected chi connectivity index (χ4v) is 9.86. The maximum atomic E-state index is 14.0. The Bertz CT molecular complexity index is 2520. The molecule has 9 N–H and O–H groups in total. The van der Waals surface area contributed by atoms with E-state index in [9.17, 15) is 60.3 Å². The third-order valence-electron chi connectivity index (χ3n) is 13.0. The van der Waals surface area contributed by atoms with E-state index in [1.165, 1.54) is 0 Å². The Kier molecular flexibility index (Phi) is 23.1. The molecule has 5 aliphatic rings. The van der Waals surface area contributed by atoms with Crippen molar-refractivity contribution in [2.75, 3.05) is 19.7 Å². The van der Waals surface area contributed by atoms with Gasteiger partial charge in [0, 0.05) is 22.9 Å². The first-order valence-corrected chi connectivity index (χ1v) is 28.5. The van der Waals surface area contributed by atoms with Crippen LogP contribution in [0.1, 0.15) is 131 Å². The molecule has 0 aromatic rings. The maximum absolute atomic E-state index is 14.0. The van der Waals surface area contributed by atoms with Gasteiger partial charge in [-0.3, -0.25) is 4.90 Å². The topological polar surface area (TPSA) is 455 Å². The van der Waals surface area contributed by atoms with E-state index in [0.29, 0.717) is 0 Å². The largest absolute Gasteiger partial charge is 0.444 e. The highest BCUT2D eigenvalue weighted by Gasteiger charge is 2.67. The second kappa shape index (κ2) is 28.1. The number of azide groups is 2. The van der Waals surface area contributed by atoms with Crippen molar-refractivity contribution in [1.29, 1.82) is 0 Å². The lowest BCUT2D eigenvalue weighted by molar-refractivity contribution is -0.279. The van der Waals surface area contributed by atoms with Gasteiger partial charge in [0.25, 0.3) is 0 Å². The third-order valence-corrected chi connectivity index (χ3v) is 13.0. The Morgan fingerprint density at radius 1 is 0.494 bits per heavy atom. The zero-order valence-electron chi connectivity index (χ0n) is 52.6. The van der Waals surface area contributed by atoms with Crippen molar-refractivity contribution < 1.29 is 106 Å². The third kappa shape index (κ3) is 21.0. The maximum Gasteiger partial charge on any atom is 0.411 e. The molecule has 19 atom stereocenters. The van der Waals surface area contributed by atoms with Gasteiger partial charge in [-0.2, -0.15) is 0 Å². The highest BCUT2D eigenvalue weighted by molar-refractivity contribution is 5.73. The SMILES string of the molecule is CC(C)(C)OC(=O)NC[C@@H]1O[C@H](O[C@H]2[C@@H](O)[C@H](O[C@@H]3[C@H](NC(=O)OC(C)(C)C)[C@@H](N=[N+]=[N-])C[C@H](NC(=O)OC(C)(C)C)[C@H]3O[C@@H]3O[C@H](CNC(=O)OC(C)(C)C)[C@@H](O)[C@H]4[C@@H]3N4C(=O)OC(C)(C)C)O[C@@H]2CO)[C@H](NC(=O)OC(C)(C)C)[C@@H](N=[N+]=[N-])[C@@H]1O. The normalized spacial score (nSPS) is 32.7. The number of aliphatic hydroxyl groups is 4. The van der Waals surface area contributed by atoms with E-state index < -0.39 is 206 Å². The lowest BCUT2D eigenvalue weighted by atomic mass is 9.82. The molecule has 4 saturated heterocycles. The van der Waals surface area contributed by atoms with Crippen LogP contribution >= 0.6 is 0 Å². The van der Waals surface area contributed by atoms with Crippen LogP contribution in [-0.2, 0) is 56.8 Å². The molecule has 5 fully saturated rings. The smallest absolute Gasteiger partial charge is 0.411 e. The van der Waals surface area contributed by atoms with Gasteiger partial charge in [-0.1, -0.05) is 10.2 Å². The molecule has 34 heteroatoms. The van der Waals surface area contributed by atoms with E-state index in [2.05, 4.69) is 46.6 Å². The number of hydrogen-bond acceptors (Lipinski definition) is 24. The number of nitrogens with zero attached hydrogens (tertiary/aromatic N) is 7. The van der Waals surface area contributed by atoms with Crippen molar-refractivity contribution in [2.45, 2.75) is 281 Å². The second-order valence-corrected chi connectivity index (χ2v) is 27.5. The molecule has 0 spiro atoms. The fraction of sp³-hybridized carbons (Fsp3) is 0.887. The first kappa shape index (κ1) is 71.6. The number of hydrogen-bond donors (Lipinski definition) is 9. The molecule has 5 rings (SSSR count). The van der Waals surface area contributed by atoms with Crippen molar-refractivity contribution in [3.8, 4) is 0 Å². The van der Waals surface area contributed by atoms with Crippen LogP contribution in [-0.4, -0.2) is 231 Å². The zero-order valence-corrected chi connectivity index (χ0v) is 52.6. The number of ether oxygens (including phenoxy) is 12. The Labute approximate surface area is 504 Å². The van der Waals surface area contributed by atoms with Crippen molar-refractivity contribution in [3.63, 3.8) is 0 Å².